The summed E-state index contributed by atoms with van der Waals surface area (Å²) >= 11 is 6.16. The van der Waals surface area contributed by atoms with Crippen LogP contribution < -0.4 is 15.5 Å². The fraction of sp³-hybridized carbons (Fsp3) is 0.591. The van der Waals surface area contributed by atoms with Crippen molar-refractivity contribution in [3.8, 4) is 0 Å². The quantitative estimate of drug-likeness (QED) is 0.667. The highest BCUT2D eigenvalue weighted by Gasteiger charge is 2.52. The number of halogens is 1. The van der Waals surface area contributed by atoms with Gasteiger partial charge in [-0.05, 0) is 56.7 Å². The van der Waals surface area contributed by atoms with E-state index in [1.807, 2.05) is 12.1 Å². The molecule has 0 bridgehead atoms. The summed E-state index contributed by atoms with van der Waals surface area (Å²) in [6.07, 6.45) is 7.52. The molecular formula is C22H29ClN4O3. The summed E-state index contributed by atoms with van der Waals surface area (Å²) in [7, 11) is 0. The van der Waals surface area contributed by atoms with Gasteiger partial charge in [0.15, 0.2) is 0 Å². The summed E-state index contributed by atoms with van der Waals surface area (Å²) < 4.78 is 0. The number of carbonyl (C=O) groups is 3. The number of nitrogens with zero attached hydrogens (tertiary/aromatic N) is 2. The number of rotatable bonds is 6. The molecule has 162 valence electrons. The number of nitrogens with one attached hydrogen (secondary N) is 2. The Labute approximate surface area is 182 Å². The maximum Gasteiger partial charge on any atom is 0.325 e. The monoisotopic (exact) mass is 432 g/mol. The topological polar surface area (TPSA) is 81.8 Å². The SMILES string of the molecule is O=C(CCCN1C(=O)NC2(CCCC2)C1=O)Nc1cc(Cl)ccc1N1CCCCC1. The van der Waals surface area contributed by atoms with Crippen molar-refractivity contribution in [1.29, 1.82) is 0 Å². The molecule has 1 saturated carbocycles. The second-order valence-electron chi connectivity index (χ2n) is 8.54. The number of piperidine rings is 1. The number of amides is 4. The number of benzene rings is 1. The molecular weight excluding hydrogens is 404 g/mol. The van der Waals surface area contributed by atoms with E-state index in [1.54, 1.807) is 6.07 Å². The van der Waals surface area contributed by atoms with Crippen LogP contribution in [-0.4, -0.2) is 47.9 Å². The number of imide groups is 1. The highest BCUT2D eigenvalue weighted by Crippen LogP contribution is 2.35. The Hall–Kier alpha value is -2.28. The number of anilines is 2. The molecule has 4 rings (SSSR count). The summed E-state index contributed by atoms with van der Waals surface area (Å²) in [4.78, 5) is 41.1. The number of carbonyl (C=O) groups excluding carboxylic acids is 3. The van der Waals surface area contributed by atoms with Gasteiger partial charge in [-0.1, -0.05) is 24.4 Å². The molecule has 1 aromatic carbocycles. The third-order valence-electron chi connectivity index (χ3n) is 6.42. The average molecular weight is 433 g/mol. The molecule has 8 heteroatoms. The van der Waals surface area contributed by atoms with Gasteiger partial charge in [-0.3, -0.25) is 14.5 Å². The Morgan fingerprint density at radius 3 is 2.57 bits per heavy atom. The van der Waals surface area contributed by atoms with Gasteiger partial charge in [0, 0.05) is 31.1 Å². The van der Waals surface area contributed by atoms with Gasteiger partial charge in [0.25, 0.3) is 5.91 Å². The first kappa shape index (κ1) is 21.0. The Morgan fingerprint density at radius 2 is 1.83 bits per heavy atom. The molecule has 2 heterocycles. The molecule has 0 unspecified atom stereocenters. The second kappa shape index (κ2) is 8.84. The fourth-order valence-corrected chi connectivity index (χ4v) is 5.00. The lowest BCUT2D eigenvalue weighted by Gasteiger charge is -2.30. The summed E-state index contributed by atoms with van der Waals surface area (Å²) in [6.45, 7) is 2.20. The molecule has 30 heavy (non-hydrogen) atoms. The van der Waals surface area contributed by atoms with E-state index in [9.17, 15) is 14.4 Å². The number of hydrogen-bond acceptors (Lipinski definition) is 4. The van der Waals surface area contributed by atoms with Crippen LogP contribution in [0, 0.1) is 0 Å². The van der Waals surface area contributed by atoms with Gasteiger partial charge < -0.3 is 15.5 Å². The molecule has 7 nitrogen and oxygen atoms in total. The van der Waals surface area contributed by atoms with Crippen molar-refractivity contribution in [2.75, 3.05) is 29.9 Å². The zero-order valence-corrected chi connectivity index (χ0v) is 18.0. The van der Waals surface area contributed by atoms with Gasteiger partial charge >= 0.3 is 6.03 Å². The molecule has 1 spiro atoms. The van der Waals surface area contributed by atoms with E-state index >= 15 is 0 Å². The molecule has 1 aliphatic carbocycles. The predicted octanol–water partition coefficient (Wildman–Crippen LogP) is 3.91. The van der Waals surface area contributed by atoms with Crippen molar-refractivity contribution < 1.29 is 14.4 Å². The van der Waals surface area contributed by atoms with Gasteiger partial charge in [0.05, 0.1) is 11.4 Å². The highest BCUT2D eigenvalue weighted by molar-refractivity contribution is 6.31. The minimum absolute atomic E-state index is 0.132. The summed E-state index contributed by atoms with van der Waals surface area (Å²) in [5.41, 5.74) is 1.02. The number of urea groups is 1. The first-order valence-electron chi connectivity index (χ1n) is 11.0. The van der Waals surface area contributed by atoms with Crippen molar-refractivity contribution in [3.05, 3.63) is 23.2 Å². The van der Waals surface area contributed by atoms with Crippen LogP contribution in [0.2, 0.25) is 5.02 Å². The Bertz CT molecular complexity index is 832. The molecule has 1 aromatic rings. The van der Waals surface area contributed by atoms with Crippen LogP contribution in [0.5, 0.6) is 0 Å². The van der Waals surface area contributed by atoms with Crippen molar-refractivity contribution in [2.45, 2.75) is 63.3 Å². The van der Waals surface area contributed by atoms with Crippen LogP contribution in [0.4, 0.5) is 16.2 Å². The first-order chi connectivity index (χ1) is 14.5. The van der Waals surface area contributed by atoms with E-state index in [-0.39, 0.29) is 30.8 Å². The average Bonchev–Trinajstić information content (AvgIpc) is 3.29. The molecule has 0 aromatic heterocycles. The van der Waals surface area contributed by atoms with Gasteiger partial charge in [-0.25, -0.2) is 4.79 Å². The largest absolute Gasteiger partial charge is 0.370 e. The van der Waals surface area contributed by atoms with Crippen LogP contribution in [-0.2, 0) is 9.59 Å². The lowest BCUT2D eigenvalue weighted by molar-refractivity contribution is -0.131. The van der Waals surface area contributed by atoms with Crippen LogP contribution in [0.25, 0.3) is 0 Å². The van der Waals surface area contributed by atoms with Gasteiger partial charge in [0.1, 0.15) is 5.54 Å². The van der Waals surface area contributed by atoms with E-state index in [0.29, 0.717) is 30.0 Å². The Balaban J connectivity index is 1.33. The summed E-state index contributed by atoms with van der Waals surface area (Å²) in [6, 6.07) is 5.25. The number of hydrogen-bond donors (Lipinski definition) is 2. The molecule has 3 aliphatic rings. The van der Waals surface area contributed by atoms with Crippen LogP contribution in [0.15, 0.2) is 18.2 Å². The minimum Gasteiger partial charge on any atom is -0.370 e. The van der Waals surface area contributed by atoms with E-state index in [2.05, 4.69) is 15.5 Å². The smallest absolute Gasteiger partial charge is 0.325 e. The molecule has 2 saturated heterocycles. The zero-order chi connectivity index (χ0) is 21.1. The minimum atomic E-state index is -0.691. The molecule has 2 N–H and O–H groups in total. The lowest BCUT2D eigenvalue weighted by atomic mass is 9.98. The molecule has 3 fully saturated rings. The predicted molar refractivity (Wildman–Crippen MR) is 117 cm³/mol. The van der Waals surface area contributed by atoms with E-state index in [4.69, 9.17) is 11.6 Å². The molecule has 4 amide bonds. The highest BCUT2D eigenvalue weighted by atomic mass is 35.5. The van der Waals surface area contributed by atoms with Crippen molar-refractivity contribution in [3.63, 3.8) is 0 Å². The van der Waals surface area contributed by atoms with Crippen LogP contribution in [0.1, 0.15) is 57.8 Å². The second-order valence-corrected chi connectivity index (χ2v) is 8.97. The van der Waals surface area contributed by atoms with E-state index < -0.39 is 5.54 Å². The first-order valence-corrected chi connectivity index (χ1v) is 11.3. The third kappa shape index (κ3) is 4.26. The molecule has 0 atom stereocenters. The Kier molecular flexibility index (Phi) is 6.18. The van der Waals surface area contributed by atoms with Crippen molar-refractivity contribution in [1.82, 2.24) is 10.2 Å². The normalized spacial score (nSPS) is 20.7. The van der Waals surface area contributed by atoms with Crippen LogP contribution >= 0.6 is 11.6 Å². The maximum atomic E-state index is 12.7. The van der Waals surface area contributed by atoms with Gasteiger partial charge in [0.2, 0.25) is 5.91 Å². The Morgan fingerprint density at radius 1 is 1.10 bits per heavy atom. The summed E-state index contributed by atoms with van der Waals surface area (Å²) in [5, 5.41) is 6.43. The molecule has 0 radical (unpaired) electrons. The third-order valence-corrected chi connectivity index (χ3v) is 6.65. The maximum absolute atomic E-state index is 12.7. The standard InChI is InChI=1S/C22H29ClN4O3/c23-16-8-9-18(26-12-4-1-5-13-26)17(15-16)24-19(28)7-6-14-27-20(29)22(25-21(27)30)10-2-3-11-22/h8-9,15H,1-7,10-14H2,(H,24,28)(H,25,30). The van der Waals surface area contributed by atoms with Gasteiger partial charge in [-0.15, -0.1) is 0 Å². The van der Waals surface area contributed by atoms with E-state index in [1.165, 1.54) is 11.3 Å². The summed E-state index contributed by atoms with van der Waals surface area (Å²) in [5.74, 6) is -0.272. The molecule has 2 aliphatic heterocycles. The van der Waals surface area contributed by atoms with E-state index in [0.717, 1.165) is 44.5 Å². The van der Waals surface area contributed by atoms with Crippen molar-refractivity contribution >= 4 is 40.8 Å². The van der Waals surface area contributed by atoms with Gasteiger partial charge in [-0.2, -0.15) is 0 Å². The van der Waals surface area contributed by atoms with Crippen molar-refractivity contribution in [2.24, 2.45) is 0 Å². The van der Waals surface area contributed by atoms with Crippen LogP contribution in [0.3, 0.4) is 0 Å². The lowest BCUT2D eigenvalue weighted by Crippen LogP contribution is -2.44. The zero-order valence-electron chi connectivity index (χ0n) is 17.2. The fourth-order valence-electron chi connectivity index (χ4n) is 4.83.